The number of furan rings is 1. The number of rotatable bonds is 6. The van der Waals surface area contributed by atoms with E-state index in [1.165, 1.54) is 38.4 Å². The molecule has 27 heavy (non-hydrogen) atoms. The van der Waals surface area contributed by atoms with Crippen LogP contribution in [0, 0.1) is 0 Å². The third-order valence-electron chi connectivity index (χ3n) is 3.99. The fourth-order valence-electron chi connectivity index (χ4n) is 2.38. The van der Waals surface area contributed by atoms with Crippen LogP contribution in [0.25, 0.3) is 11.3 Å². The van der Waals surface area contributed by atoms with E-state index in [9.17, 15) is 13.2 Å². The summed E-state index contributed by atoms with van der Waals surface area (Å²) in [5, 5.41) is 2.79. The first-order chi connectivity index (χ1) is 12.9. The molecule has 140 valence electrons. The Morgan fingerprint density at radius 1 is 1.11 bits per heavy atom. The Morgan fingerprint density at radius 3 is 2.41 bits per heavy atom. The second-order valence-corrected chi connectivity index (χ2v) is 8.21. The molecular weight excluding hydrogens is 366 g/mol. The zero-order valence-corrected chi connectivity index (χ0v) is 15.7. The van der Waals surface area contributed by atoms with Crippen LogP contribution in [0.4, 0.5) is 0 Å². The van der Waals surface area contributed by atoms with Gasteiger partial charge in [-0.2, -0.15) is 0 Å². The van der Waals surface area contributed by atoms with Crippen LogP contribution in [-0.4, -0.2) is 37.7 Å². The SMILES string of the molecule is CN(C)S(=O)(=O)c1ccc(C(=O)NCc2ccc(-c3ccoc3)nc2)cc1. The van der Waals surface area contributed by atoms with Crippen LogP contribution >= 0.6 is 0 Å². The van der Waals surface area contributed by atoms with E-state index >= 15 is 0 Å². The lowest BCUT2D eigenvalue weighted by Gasteiger charge is -2.11. The Hall–Kier alpha value is -2.97. The Labute approximate surface area is 157 Å². The van der Waals surface area contributed by atoms with Gasteiger partial charge in [0, 0.05) is 38.0 Å². The first-order valence-electron chi connectivity index (χ1n) is 8.16. The average molecular weight is 385 g/mol. The Kier molecular flexibility index (Phi) is 5.38. The number of aromatic nitrogens is 1. The first kappa shape index (κ1) is 18.8. The number of sulfonamides is 1. The molecule has 1 amide bonds. The quantitative estimate of drug-likeness (QED) is 0.704. The molecule has 7 nitrogen and oxygen atoms in total. The Bertz CT molecular complexity index is 1010. The number of nitrogens with one attached hydrogen (secondary N) is 1. The van der Waals surface area contributed by atoms with E-state index in [2.05, 4.69) is 10.3 Å². The van der Waals surface area contributed by atoms with Crippen molar-refractivity contribution in [2.75, 3.05) is 14.1 Å². The molecule has 0 saturated carbocycles. The Morgan fingerprint density at radius 2 is 1.85 bits per heavy atom. The standard InChI is InChI=1S/C19H19N3O4S/c1-22(2)27(24,25)17-6-4-15(5-7-17)19(23)21-12-14-3-8-18(20-11-14)16-9-10-26-13-16/h3-11,13H,12H2,1-2H3,(H,21,23). The normalized spacial score (nSPS) is 11.5. The van der Waals surface area contributed by atoms with Gasteiger partial charge >= 0.3 is 0 Å². The summed E-state index contributed by atoms with van der Waals surface area (Å²) in [5.41, 5.74) is 2.91. The maximum atomic E-state index is 12.3. The molecule has 0 aliphatic carbocycles. The lowest BCUT2D eigenvalue weighted by molar-refractivity contribution is 0.0951. The molecule has 0 saturated heterocycles. The maximum Gasteiger partial charge on any atom is 0.251 e. The largest absolute Gasteiger partial charge is 0.472 e. The van der Waals surface area contributed by atoms with Gasteiger partial charge in [0.05, 0.1) is 23.1 Å². The topological polar surface area (TPSA) is 92.5 Å². The molecule has 0 radical (unpaired) electrons. The zero-order valence-electron chi connectivity index (χ0n) is 14.9. The molecule has 0 bridgehead atoms. The molecule has 0 spiro atoms. The molecular formula is C19H19N3O4S. The van der Waals surface area contributed by atoms with Crippen molar-refractivity contribution < 1.29 is 17.6 Å². The number of pyridine rings is 1. The summed E-state index contributed by atoms with van der Waals surface area (Å²) >= 11 is 0. The highest BCUT2D eigenvalue weighted by Crippen LogP contribution is 2.17. The van der Waals surface area contributed by atoms with Gasteiger partial charge in [0.1, 0.15) is 0 Å². The fraction of sp³-hybridized carbons (Fsp3) is 0.158. The van der Waals surface area contributed by atoms with Gasteiger partial charge in [-0.15, -0.1) is 0 Å². The monoisotopic (exact) mass is 385 g/mol. The van der Waals surface area contributed by atoms with Crippen molar-refractivity contribution >= 4 is 15.9 Å². The van der Waals surface area contributed by atoms with Gasteiger partial charge < -0.3 is 9.73 Å². The molecule has 2 aromatic heterocycles. The highest BCUT2D eigenvalue weighted by atomic mass is 32.2. The van der Waals surface area contributed by atoms with Crippen LogP contribution in [0.15, 0.2) is 70.5 Å². The third-order valence-corrected chi connectivity index (χ3v) is 5.82. The molecule has 1 aromatic carbocycles. The molecule has 3 aromatic rings. The maximum absolute atomic E-state index is 12.3. The zero-order chi connectivity index (χ0) is 19.4. The smallest absolute Gasteiger partial charge is 0.251 e. The number of carbonyl (C=O) groups excluding carboxylic acids is 1. The lowest BCUT2D eigenvalue weighted by atomic mass is 10.2. The molecule has 0 atom stereocenters. The van der Waals surface area contributed by atoms with Crippen LogP contribution in [0.2, 0.25) is 0 Å². The number of carbonyl (C=O) groups is 1. The molecule has 0 fully saturated rings. The van der Waals surface area contributed by atoms with E-state index in [-0.39, 0.29) is 10.8 Å². The molecule has 0 aliphatic heterocycles. The van der Waals surface area contributed by atoms with Gasteiger partial charge in [-0.3, -0.25) is 9.78 Å². The van der Waals surface area contributed by atoms with Gasteiger partial charge in [0.15, 0.2) is 0 Å². The van der Waals surface area contributed by atoms with Crippen molar-refractivity contribution in [1.82, 2.24) is 14.6 Å². The summed E-state index contributed by atoms with van der Waals surface area (Å²) in [6, 6.07) is 11.4. The third kappa shape index (κ3) is 4.24. The van der Waals surface area contributed by atoms with Crippen molar-refractivity contribution in [2.45, 2.75) is 11.4 Å². The van der Waals surface area contributed by atoms with E-state index in [1.54, 1.807) is 18.7 Å². The van der Waals surface area contributed by atoms with Gasteiger partial charge in [-0.1, -0.05) is 6.07 Å². The summed E-state index contributed by atoms with van der Waals surface area (Å²) in [7, 11) is -0.590. The predicted molar refractivity (Wildman–Crippen MR) is 100 cm³/mol. The van der Waals surface area contributed by atoms with Crippen molar-refractivity contribution in [2.24, 2.45) is 0 Å². The summed E-state index contributed by atoms with van der Waals surface area (Å²) in [6.07, 6.45) is 4.89. The Balaban J connectivity index is 1.62. The number of amides is 1. The minimum Gasteiger partial charge on any atom is -0.472 e. The van der Waals surface area contributed by atoms with Crippen LogP contribution in [0.3, 0.4) is 0 Å². The molecule has 0 unspecified atom stereocenters. The number of benzene rings is 1. The molecule has 3 rings (SSSR count). The van der Waals surface area contributed by atoms with Gasteiger partial charge in [0.25, 0.3) is 5.91 Å². The minimum atomic E-state index is -3.51. The van der Waals surface area contributed by atoms with Crippen LogP contribution in [-0.2, 0) is 16.6 Å². The predicted octanol–water partition coefficient (Wildman–Crippen LogP) is 2.52. The molecule has 1 N–H and O–H groups in total. The second kappa shape index (κ2) is 7.73. The summed E-state index contributed by atoms with van der Waals surface area (Å²) in [5.74, 6) is -0.289. The van der Waals surface area contributed by atoms with Crippen molar-refractivity contribution in [3.8, 4) is 11.3 Å². The van der Waals surface area contributed by atoms with Crippen molar-refractivity contribution in [3.05, 3.63) is 72.3 Å². The number of nitrogens with zero attached hydrogens (tertiary/aromatic N) is 2. The second-order valence-electron chi connectivity index (χ2n) is 6.06. The summed E-state index contributed by atoms with van der Waals surface area (Å²) in [6.45, 7) is 0.315. The van der Waals surface area contributed by atoms with Crippen LogP contribution < -0.4 is 5.32 Å². The molecule has 0 aliphatic rings. The van der Waals surface area contributed by atoms with Crippen LogP contribution in [0.5, 0.6) is 0 Å². The van der Waals surface area contributed by atoms with E-state index in [1.807, 2.05) is 18.2 Å². The number of hydrogen-bond acceptors (Lipinski definition) is 5. The first-order valence-corrected chi connectivity index (χ1v) is 9.60. The summed E-state index contributed by atoms with van der Waals surface area (Å²) in [4.78, 5) is 16.7. The van der Waals surface area contributed by atoms with Crippen molar-refractivity contribution in [3.63, 3.8) is 0 Å². The van der Waals surface area contributed by atoms with E-state index in [0.29, 0.717) is 12.1 Å². The van der Waals surface area contributed by atoms with E-state index < -0.39 is 10.0 Å². The molecule has 2 heterocycles. The van der Waals surface area contributed by atoms with Gasteiger partial charge in [0.2, 0.25) is 10.0 Å². The number of hydrogen-bond donors (Lipinski definition) is 1. The fourth-order valence-corrected chi connectivity index (χ4v) is 3.29. The minimum absolute atomic E-state index is 0.142. The average Bonchev–Trinajstić information content (AvgIpc) is 3.21. The highest BCUT2D eigenvalue weighted by Gasteiger charge is 2.17. The summed E-state index contributed by atoms with van der Waals surface area (Å²) < 4.78 is 30.3. The molecule has 8 heteroatoms. The highest BCUT2D eigenvalue weighted by molar-refractivity contribution is 7.89. The van der Waals surface area contributed by atoms with E-state index in [4.69, 9.17) is 4.42 Å². The van der Waals surface area contributed by atoms with E-state index in [0.717, 1.165) is 21.1 Å². The van der Waals surface area contributed by atoms with Crippen LogP contribution in [0.1, 0.15) is 15.9 Å². The van der Waals surface area contributed by atoms with Crippen molar-refractivity contribution in [1.29, 1.82) is 0 Å². The van der Waals surface area contributed by atoms with Gasteiger partial charge in [-0.25, -0.2) is 12.7 Å². The lowest BCUT2D eigenvalue weighted by Crippen LogP contribution is -2.24. The van der Waals surface area contributed by atoms with Gasteiger partial charge in [-0.05, 0) is 42.0 Å².